The molecule has 0 aliphatic carbocycles. The summed E-state index contributed by atoms with van der Waals surface area (Å²) in [5.74, 6) is -2.78. The highest BCUT2D eigenvalue weighted by atomic mass is 31.2. The zero-order chi connectivity index (χ0) is 11.4. The molecule has 5 nitrogen and oxygen atoms in total. The minimum Gasteiger partial charge on any atom is -0.543 e. The van der Waals surface area contributed by atoms with Crippen LogP contribution in [0.5, 0.6) is 0 Å². The molecule has 84 valence electrons. The normalized spacial score (nSPS) is 12.9. The van der Waals surface area contributed by atoms with Crippen LogP contribution in [0, 0.1) is 0 Å². The van der Waals surface area contributed by atoms with Gasteiger partial charge in [0.25, 0.3) is 0 Å². The Morgan fingerprint density at radius 3 is 1.93 bits per heavy atom. The Kier molecular flexibility index (Phi) is 4.64. The molecule has 0 heterocycles. The Morgan fingerprint density at radius 1 is 1.36 bits per heavy atom. The maximum atomic E-state index is 12.8. The molecule has 0 rings (SSSR count). The SMILES string of the molecule is CCOP(=O)(OCC)C(F)(F)C(=O)[O-]. The van der Waals surface area contributed by atoms with Gasteiger partial charge in [-0.05, 0) is 13.8 Å². The Hall–Kier alpha value is -0.520. The van der Waals surface area contributed by atoms with E-state index in [-0.39, 0.29) is 13.2 Å². The molecule has 0 spiro atoms. The molecule has 0 unspecified atom stereocenters. The van der Waals surface area contributed by atoms with Gasteiger partial charge in [0.15, 0.2) is 0 Å². The van der Waals surface area contributed by atoms with Crippen LogP contribution in [0.15, 0.2) is 0 Å². The number of hydrogen-bond donors (Lipinski definition) is 0. The molecule has 0 aliphatic rings. The molecule has 0 aliphatic heterocycles. The number of carboxylic acid groups (broad SMARTS) is 1. The summed E-state index contributed by atoms with van der Waals surface area (Å²) < 4.78 is 45.2. The Balaban J connectivity index is 4.99. The molecule has 0 saturated heterocycles. The molecule has 0 aromatic rings. The molecule has 14 heavy (non-hydrogen) atoms. The van der Waals surface area contributed by atoms with Gasteiger partial charge < -0.3 is 18.9 Å². The molecule has 0 radical (unpaired) electrons. The van der Waals surface area contributed by atoms with Crippen molar-refractivity contribution in [3.8, 4) is 0 Å². The minimum absolute atomic E-state index is 0.347. The van der Waals surface area contributed by atoms with E-state index in [1.807, 2.05) is 0 Å². The van der Waals surface area contributed by atoms with Crippen LogP contribution in [0.3, 0.4) is 0 Å². The fourth-order valence-corrected chi connectivity index (χ4v) is 1.95. The number of carbonyl (C=O) groups excluding carboxylic acids is 1. The first-order valence-corrected chi connectivity index (χ1v) is 5.34. The van der Waals surface area contributed by atoms with Crippen molar-refractivity contribution >= 4 is 13.6 Å². The lowest BCUT2D eigenvalue weighted by Gasteiger charge is -2.25. The topological polar surface area (TPSA) is 75.7 Å². The van der Waals surface area contributed by atoms with Gasteiger partial charge in [0.05, 0.1) is 13.2 Å². The van der Waals surface area contributed by atoms with E-state index in [1.54, 1.807) is 0 Å². The maximum Gasteiger partial charge on any atom is 0.405 e. The van der Waals surface area contributed by atoms with E-state index in [9.17, 15) is 23.2 Å². The highest BCUT2D eigenvalue weighted by Crippen LogP contribution is 2.61. The van der Waals surface area contributed by atoms with Crippen molar-refractivity contribution in [1.82, 2.24) is 0 Å². The van der Waals surface area contributed by atoms with Crippen LogP contribution >= 0.6 is 7.60 Å². The molecule has 0 N–H and O–H groups in total. The van der Waals surface area contributed by atoms with Crippen LogP contribution in [-0.4, -0.2) is 24.8 Å². The minimum atomic E-state index is -4.97. The van der Waals surface area contributed by atoms with Crippen LogP contribution < -0.4 is 5.11 Å². The van der Waals surface area contributed by atoms with Crippen LogP contribution in [-0.2, 0) is 18.4 Å². The Labute approximate surface area is 79.5 Å². The first-order valence-electron chi connectivity index (χ1n) is 3.80. The lowest BCUT2D eigenvalue weighted by molar-refractivity contribution is -0.322. The number of aliphatic carboxylic acids is 1. The number of hydrogen-bond acceptors (Lipinski definition) is 5. The number of carbonyl (C=O) groups is 1. The molecule has 0 aromatic heterocycles. The third-order valence-corrected chi connectivity index (χ3v) is 3.25. The quantitative estimate of drug-likeness (QED) is 0.625. The second-order valence-electron chi connectivity index (χ2n) is 2.16. The Bertz CT molecular complexity index is 245. The van der Waals surface area contributed by atoms with Gasteiger partial charge in [-0.1, -0.05) is 0 Å². The number of carboxylic acids is 1. The van der Waals surface area contributed by atoms with Gasteiger partial charge in [0.2, 0.25) is 0 Å². The van der Waals surface area contributed by atoms with Gasteiger partial charge in [0.1, 0.15) is 5.97 Å². The van der Waals surface area contributed by atoms with Gasteiger partial charge in [-0.3, -0.25) is 4.57 Å². The molecule has 8 heteroatoms. The number of alkyl halides is 2. The van der Waals surface area contributed by atoms with Crippen molar-refractivity contribution in [1.29, 1.82) is 0 Å². The number of halogens is 2. The monoisotopic (exact) mass is 231 g/mol. The smallest absolute Gasteiger partial charge is 0.405 e. The van der Waals surface area contributed by atoms with Crippen LogP contribution in [0.1, 0.15) is 13.8 Å². The largest absolute Gasteiger partial charge is 0.543 e. The van der Waals surface area contributed by atoms with Crippen molar-refractivity contribution in [3.63, 3.8) is 0 Å². The first kappa shape index (κ1) is 13.5. The lowest BCUT2D eigenvalue weighted by atomic mass is 10.7. The average Bonchev–Trinajstić information content (AvgIpc) is 2.04. The molecule has 0 fully saturated rings. The average molecular weight is 231 g/mol. The molecule has 0 aromatic carbocycles. The summed E-state index contributed by atoms with van der Waals surface area (Å²) in [4.78, 5) is 10.0. The van der Waals surface area contributed by atoms with Gasteiger partial charge in [-0.2, -0.15) is 8.78 Å². The first-order chi connectivity index (χ1) is 6.31. The van der Waals surface area contributed by atoms with Crippen molar-refractivity contribution in [2.75, 3.05) is 13.2 Å². The second kappa shape index (κ2) is 4.82. The van der Waals surface area contributed by atoms with Gasteiger partial charge in [-0.15, -0.1) is 0 Å². The molecular weight excluding hydrogens is 221 g/mol. The zero-order valence-corrected chi connectivity index (χ0v) is 8.55. The van der Waals surface area contributed by atoms with Crippen LogP contribution in [0.25, 0.3) is 0 Å². The van der Waals surface area contributed by atoms with E-state index in [0.29, 0.717) is 0 Å². The molecule has 0 bridgehead atoms. The van der Waals surface area contributed by atoms with E-state index in [0.717, 1.165) is 0 Å². The highest BCUT2D eigenvalue weighted by molar-refractivity contribution is 7.56. The third-order valence-electron chi connectivity index (χ3n) is 1.19. The van der Waals surface area contributed by atoms with Crippen LogP contribution in [0.2, 0.25) is 0 Å². The van der Waals surface area contributed by atoms with Crippen LogP contribution in [0.4, 0.5) is 8.78 Å². The molecular formula is C6H10F2O5P-. The summed E-state index contributed by atoms with van der Waals surface area (Å²) >= 11 is 0. The second-order valence-corrected chi connectivity index (χ2v) is 4.23. The molecule has 0 atom stereocenters. The number of rotatable bonds is 6. The fraction of sp³-hybridized carbons (Fsp3) is 0.833. The lowest BCUT2D eigenvalue weighted by Crippen LogP contribution is -2.42. The van der Waals surface area contributed by atoms with Crippen molar-refractivity contribution in [2.45, 2.75) is 19.5 Å². The summed E-state index contributed by atoms with van der Waals surface area (Å²) in [6.07, 6.45) is 0. The van der Waals surface area contributed by atoms with Gasteiger partial charge in [0, 0.05) is 0 Å². The van der Waals surface area contributed by atoms with E-state index in [4.69, 9.17) is 0 Å². The maximum absolute atomic E-state index is 12.8. The zero-order valence-electron chi connectivity index (χ0n) is 7.66. The van der Waals surface area contributed by atoms with E-state index >= 15 is 0 Å². The van der Waals surface area contributed by atoms with Gasteiger partial charge >= 0.3 is 13.3 Å². The summed E-state index contributed by atoms with van der Waals surface area (Å²) in [6.45, 7) is 1.88. The molecule has 0 amide bonds. The van der Waals surface area contributed by atoms with E-state index in [2.05, 4.69) is 9.05 Å². The Morgan fingerprint density at radius 2 is 1.71 bits per heavy atom. The predicted octanol–water partition coefficient (Wildman–Crippen LogP) is 0.595. The summed E-state index contributed by atoms with van der Waals surface area (Å²) in [6, 6.07) is 0. The third kappa shape index (κ3) is 2.50. The van der Waals surface area contributed by atoms with Crippen molar-refractivity contribution in [3.05, 3.63) is 0 Å². The fourth-order valence-electron chi connectivity index (χ4n) is 0.651. The summed E-state index contributed by atoms with van der Waals surface area (Å²) in [5, 5.41) is 10.0. The predicted molar refractivity (Wildman–Crippen MR) is 40.8 cm³/mol. The highest BCUT2D eigenvalue weighted by Gasteiger charge is 2.54. The standard InChI is InChI=1S/C6H11F2O5P/c1-3-12-14(11,13-4-2)6(7,8)5(9)10/h3-4H2,1-2H3,(H,9,10)/p-1. The summed E-state index contributed by atoms with van der Waals surface area (Å²) in [7, 11) is -4.97. The van der Waals surface area contributed by atoms with E-state index < -0.39 is 19.2 Å². The van der Waals surface area contributed by atoms with Gasteiger partial charge in [-0.25, -0.2) is 0 Å². The summed E-state index contributed by atoms with van der Waals surface area (Å²) in [5.41, 5.74) is -4.63. The van der Waals surface area contributed by atoms with E-state index in [1.165, 1.54) is 13.8 Å². The van der Waals surface area contributed by atoms with Crippen molar-refractivity contribution in [2.24, 2.45) is 0 Å². The molecule has 0 saturated carbocycles. The van der Waals surface area contributed by atoms with Crippen molar-refractivity contribution < 1.29 is 32.3 Å².